The quantitative estimate of drug-likeness (QED) is 0.434. The molecule has 5 aromatic rings. The standard InChI is InChI=1S/C24H19N5OS/c25-23-22-21(28-14-29-23)19-7-6-17(12-20(19)31-22)16-4-1-5-18(11-16)24(30)27-10-8-15-3-2-9-26-13-15/h1-7,9,11-14H,8,10H2,(H,27,30)(H2,25,28,29). The van der Waals surface area contributed by atoms with Crippen LogP contribution in [-0.2, 0) is 6.42 Å². The minimum absolute atomic E-state index is 0.0864. The highest BCUT2D eigenvalue weighted by Gasteiger charge is 2.12. The van der Waals surface area contributed by atoms with E-state index in [-0.39, 0.29) is 5.91 Å². The molecule has 7 heteroatoms. The van der Waals surface area contributed by atoms with Crippen molar-refractivity contribution in [3.63, 3.8) is 0 Å². The molecular formula is C24H19N5OS. The molecule has 152 valence electrons. The summed E-state index contributed by atoms with van der Waals surface area (Å²) < 4.78 is 1.99. The first-order valence-electron chi connectivity index (χ1n) is 9.89. The van der Waals surface area contributed by atoms with Crippen molar-refractivity contribution in [1.82, 2.24) is 20.3 Å². The van der Waals surface area contributed by atoms with Crippen molar-refractivity contribution >= 4 is 43.4 Å². The first kappa shape index (κ1) is 19.1. The first-order valence-corrected chi connectivity index (χ1v) is 10.7. The predicted octanol–water partition coefficient (Wildman–Crippen LogP) is 4.46. The molecule has 3 N–H and O–H groups in total. The number of rotatable bonds is 5. The molecule has 2 aromatic carbocycles. The van der Waals surface area contributed by atoms with Gasteiger partial charge in [-0.1, -0.05) is 30.3 Å². The van der Waals surface area contributed by atoms with E-state index in [1.807, 2.05) is 48.7 Å². The van der Waals surface area contributed by atoms with E-state index in [2.05, 4.69) is 32.4 Å². The molecular weight excluding hydrogens is 406 g/mol. The molecule has 0 saturated heterocycles. The average Bonchev–Trinajstić information content (AvgIpc) is 3.19. The number of fused-ring (bicyclic) bond motifs is 3. The maximum atomic E-state index is 12.6. The number of carbonyl (C=O) groups excluding carboxylic acids is 1. The highest BCUT2D eigenvalue weighted by molar-refractivity contribution is 7.26. The van der Waals surface area contributed by atoms with Crippen LogP contribution in [0.15, 0.2) is 73.3 Å². The molecule has 0 bridgehead atoms. The van der Waals surface area contributed by atoms with Gasteiger partial charge in [-0.2, -0.15) is 0 Å². The van der Waals surface area contributed by atoms with Gasteiger partial charge in [0, 0.05) is 34.6 Å². The molecule has 5 rings (SSSR count). The molecule has 3 heterocycles. The fraction of sp³-hybridized carbons (Fsp3) is 0.0833. The van der Waals surface area contributed by atoms with Crippen LogP contribution in [0.3, 0.4) is 0 Å². The van der Waals surface area contributed by atoms with E-state index in [1.165, 1.54) is 6.33 Å². The van der Waals surface area contributed by atoms with Crippen molar-refractivity contribution in [2.75, 3.05) is 12.3 Å². The lowest BCUT2D eigenvalue weighted by Crippen LogP contribution is -2.25. The van der Waals surface area contributed by atoms with Crippen LogP contribution in [0.5, 0.6) is 0 Å². The summed E-state index contributed by atoms with van der Waals surface area (Å²) in [6, 6.07) is 17.8. The summed E-state index contributed by atoms with van der Waals surface area (Å²) in [5.41, 5.74) is 10.6. The highest BCUT2D eigenvalue weighted by Crippen LogP contribution is 2.37. The lowest BCUT2D eigenvalue weighted by molar-refractivity contribution is 0.0954. The molecule has 3 aromatic heterocycles. The predicted molar refractivity (Wildman–Crippen MR) is 125 cm³/mol. The number of aromatic nitrogens is 3. The van der Waals surface area contributed by atoms with Crippen LogP contribution in [0.4, 0.5) is 5.82 Å². The second-order valence-corrected chi connectivity index (χ2v) is 8.25. The number of nitrogens with one attached hydrogen (secondary N) is 1. The number of nitrogens with zero attached hydrogens (tertiary/aromatic N) is 3. The molecule has 0 aliphatic carbocycles. The van der Waals surface area contributed by atoms with Crippen molar-refractivity contribution in [3.8, 4) is 11.1 Å². The van der Waals surface area contributed by atoms with Gasteiger partial charge in [0.15, 0.2) is 0 Å². The van der Waals surface area contributed by atoms with Gasteiger partial charge in [-0.3, -0.25) is 9.78 Å². The van der Waals surface area contributed by atoms with E-state index in [4.69, 9.17) is 5.73 Å². The third-order valence-electron chi connectivity index (χ3n) is 5.16. The fourth-order valence-electron chi connectivity index (χ4n) is 3.58. The molecule has 6 nitrogen and oxygen atoms in total. The monoisotopic (exact) mass is 425 g/mol. The van der Waals surface area contributed by atoms with Crippen LogP contribution in [0.1, 0.15) is 15.9 Å². The van der Waals surface area contributed by atoms with Gasteiger partial charge in [0.2, 0.25) is 0 Å². The lowest BCUT2D eigenvalue weighted by Gasteiger charge is -2.08. The van der Waals surface area contributed by atoms with Crippen LogP contribution in [0.25, 0.3) is 31.4 Å². The van der Waals surface area contributed by atoms with Crippen LogP contribution in [0.2, 0.25) is 0 Å². The van der Waals surface area contributed by atoms with Gasteiger partial charge in [-0.05, 0) is 47.4 Å². The third kappa shape index (κ3) is 3.83. The number of hydrogen-bond acceptors (Lipinski definition) is 6. The van der Waals surface area contributed by atoms with Gasteiger partial charge in [-0.15, -0.1) is 11.3 Å². The van der Waals surface area contributed by atoms with Crippen molar-refractivity contribution in [2.24, 2.45) is 0 Å². The molecule has 1 amide bonds. The number of thiophene rings is 1. The highest BCUT2D eigenvalue weighted by atomic mass is 32.1. The van der Waals surface area contributed by atoms with Gasteiger partial charge < -0.3 is 11.1 Å². The molecule has 0 fully saturated rings. The van der Waals surface area contributed by atoms with Gasteiger partial charge in [0.05, 0.1) is 10.2 Å². The normalized spacial score (nSPS) is 11.1. The van der Waals surface area contributed by atoms with E-state index in [0.29, 0.717) is 17.9 Å². The molecule has 0 saturated carbocycles. The van der Waals surface area contributed by atoms with Crippen LogP contribution in [-0.4, -0.2) is 27.4 Å². The molecule has 0 aliphatic rings. The van der Waals surface area contributed by atoms with Crippen LogP contribution < -0.4 is 11.1 Å². The SMILES string of the molecule is Nc1ncnc2c1sc1cc(-c3cccc(C(=O)NCCc4cccnc4)c3)ccc12. The maximum Gasteiger partial charge on any atom is 0.251 e. The maximum absolute atomic E-state index is 12.6. The number of anilines is 1. The Kier molecular flexibility index (Phi) is 5.01. The van der Waals surface area contributed by atoms with Crippen molar-refractivity contribution < 1.29 is 4.79 Å². The number of pyridine rings is 1. The molecule has 31 heavy (non-hydrogen) atoms. The van der Waals surface area contributed by atoms with Crippen molar-refractivity contribution in [2.45, 2.75) is 6.42 Å². The Morgan fingerprint density at radius 2 is 1.94 bits per heavy atom. The zero-order valence-corrected chi connectivity index (χ0v) is 17.4. The van der Waals surface area contributed by atoms with E-state index in [0.717, 1.165) is 43.4 Å². The van der Waals surface area contributed by atoms with E-state index in [9.17, 15) is 4.79 Å². The molecule has 0 spiro atoms. The summed E-state index contributed by atoms with van der Waals surface area (Å²) in [5.74, 6) is 0.412. The number of amides is 1. The van der Waals surface area contributed by atoms with Gasteiger partial charge in [0.1, 0.15) is 12.1 Å². The summed E-state index contributed by atoms with van der Waals surface area (Å²) in [6.07, 6.45) is 5.80. The zero-order valence-electron chi connectivity index (χ0n) is 16.6. The van der Waals surface area contributed by atoms with Crippen LogP contribution >= 0.6 is 11.3 Å². The Labute approximate surface area is 182 Å². The Balaban J connectivity index is 1.38. The number of nitrogens with two attached hydrogens (primary N) is 1. The number of carbonyl (C=O) groups is 1. The summed E-state index contributed by atoms with van der Waals surface area (Å²) in [4.78, 5) is 25.2. The number of nitrogen functional groups attached to an aromatic ring is 1. The fourth-order valence-corrected chi connectivity index (χ4v) is 4.68. The van der Waals surface area contributed by atoms with Crippen molar-refractivity contribution in [1.29, 1.82) is 0 Å². The summed E-state index contributed by atoms with van der Waals surface area (Å²) in [6.45, 7) is 0.560. The van der Waals surface area contributed by atoms with Gasteiger partial charge >= 0.3 is 0 Å². The molecule has 0 atom stereocenters. The zero-order chi connectivity index (χ0) is 21.2. The lowest BCUT2D eigenvalue weighted by atomic mass is 10.0. The van der Waals surface area contributed by atoms with Gasteiger partial charge in [-0.25, -0.2) is 9.97 Å². The second kappa shape index (κ2) is 8.12. The van der Waals surface area contributed by atoms with Gasteiger partial charge in [0.25, 0.3) is 5.91 Å². The largest absolute Gasteiger partial charge is 0.382 e. The average molecular weight is 426 g/mol. The summed E-state index contributed by atoms with van der Waals surface area (Å²) in [5, 5.41) is 4.04. The third-order valence-corrected chi connectivity index (χ3v) is 6.32. The van der Waals surface area contributed by atoms with E-state index >= 15 is 0 Å². The Morgan fingerprint density at radius 1 is 1.03 bits per heavy atom. The Morgan fingerprint density at radius 3 is 2.81 bits per heavy atom. The number of benzene rings is 2. The molecule has 0 aliphatic heterocycles. The second-order valence-electron chi connectivity index (χ2n) is 7.20. The topological polar surface area (TPSA) is 93.8 Å². The Bertz CT molecular complexity index is 1400. The number of hydrogen-bond donors (Lipinski definition) is 2. The molecule has 0 unspecified atom stereocenters. The summed E-state index contributed by atoms with van der Waals surface area (Å²) >= 11 is 1.58. The molecule has 0 radical (unpaired) electrons. The van der Waals surface area contributed by atoms with Crippen LogP contribution in [0, 0.1) is 0 Å². The first-order chi connectivity index (χ1) is 15.2. The Hall–Kier alpha value is -3.84. The van der Waals surface area contributed by atoms with E-state index < -0.39 is 0 Å². The van der Waals surface area contributed by atoms with Crippen molar-refractivity contribution in [3.05, 3.63) is 84.4 Å². The summed E-state index contributed by atoms with van der Waals surface area (Å²) in [7, 11) is 0. The smallest absolute Gasteiger partial charge is 0.251 e. The van der Waals surface area contributed by atoms with E-state index in [1.54, 1.807) is 17.5 Å². The minimum Gasteiger partial charge on any atom is -0.382 e. The minimum atomic E-state index is -0.0864.